The summed E-state index contributed by atoms with van der Waals surface area (Å²) in [7, 11) is 0. The molecule has 1 amide bonds. The summed E-state index contributed by atoms with van der Waals surface area (Å²) in [5, 5.41) is 7.51. The first kappa shape index (κ1) is 14.7. The van der Waals surface area contributed by atoms with Crippen molar-refractivity contribution in [3.63, 3.8) is 0 Å². The van der Waals surface area contributed by atoms with Crippen LogP contribution in [0.25, 0.3) is 0 Å². The minimum absolute atomic E-state index is 0.0277. The molecule has 0 spiro atoms. The number of nitrogens with one attached hydrogen (secondary N) is 3. The highest BCUT2D eigenvalue weighted by Gasteiger charge is 2.35. The number of aromatic nitrogens is 1. The second kappa shape index (κ2) is 5.62. The van der Waals surface area contributed by atoms with Crippen molar-refractivity contribution < 1.29 is 9.69 Å². The summed E-state index contributed by atoms with van der Waals surface area (Å²) in [5.74, 6) is 0.0277. The van der Waals surface area contributed by atoms with Gasteiger partial charge in [0.2, 0.25) is 0 Å². The van der Waals surface area contributed by atoms with Gasteiger partial charge in [-0.3, -0.25) is 9.78 Å². The first-order chi connectivity index (χ1) is 11.1. The number of anilines is 1. The number of thiophene rings is 1. The Morgan fingerprint density at radius 2 is 2.22 bits per heavy atom. The van der Waals surface area contributed by atoms with E-state index in [4.69, 9.17) is 0 Å². The van der Waals surface area contributed by atoms with E-state index in [1.165, 1.54) is 10.4 Å². The fourth-order valence-corrected chi connectivity index (χ4v) is 4.73. The first-order valence-electron chi connectivity index (χ1n) is 8.11. The lowest BCUT2D eigenvalue weighted by Crippen LogP contribution is -3.14. The minimum atomic E-state index is -0.246. The highest BCUT2D eigenvalue weighted by atomic mass is 32.1. The summed E-state index contributed by atoms with van der Waals surface area (Å²) in [6.07, 6.45) is 2.49. The zero-order valence-corrected chi connectivity index (χ0v) is 14.2. The fourth-order valence-electron chi connectivity index (χ4n) is 3.40. The van der Waals surface area contributed by atoms with Crippen molar-refractivity contribution in [1.82, 2.24) is 10.3 Å². The van der Waals surface area contributed by atoms with Crippen molar-refractivity contribution in [2.24, 2.45) is 0 Å². The summed E-state index contributed by atoms with van der Waals surface area (Å²) in [5.41, 5.74) is 2.95. The molecule has 2 atom stereocenters. The van der Waals surface area contributed by atoms with Gasteiger partial charge in [-0.25, -0.2) is 0 Å². The Kier molecular flexibility index (Phi) is 3.58. The second-order valence-corrected chi connectivity index (χ2v) is 7.61. The maximum absolute atomic E-state index is 12.6. The lowest BCUT2D eigenvalue weighted by Gasteiger charge is -2.28. The molecule has 2 aliphatic rings. The molecule has 4 heterocycles. The molecule has 0 aromatic carbocycles. The number of rotatable bonds is 2. The topological polar surface area (TPSA) is 58.5 Å². The van der Waals surface area contributed by atoms with E-state index in [2.05, 4.69) is 29.5 Å². The van der Waals surface area contributed by atoms with E-state index < -0.39 is 0 Å². The van der Waals surface area contributed by atoms with Gasteiger partial charge in [-0.1, -0.05) is 6.07 Å². The third-order valence-electron chi connectivity index (χ3n) is 4.75. The van der Waals surface area contributed by atoms with Crippen LogP contribution < -0.4 is 15.5 Å². The van der Waals surface area contributed by atoms with Gasteiger partial charge in [0, 0.05) is 12.6 Å². The average molecular weight is 329 g/mol. The van der Waals surface area contributed by atoms with Crippen molar-refractivity contribution in [2.75, 3.05) is 11.9 Å². The highest BCUT2D eigenvalue weighted by Crippen LogP contribution is 2.38. The molecule has 3 N–H and O–H groups in total. The maximum atomic E-state index is 12.6. The van der Waals surface area contributed by atoms with Gasteiger partial charge in [0.1, 0.15) is 17.7 Å². The molecule has 2 aliphatic heterocycles. The van der Waals surface area contributed by atoms with Crippen LogP contribution in [0.1, 0.15) is 46.5 Å². The van der Waals surface area contributed by atoms with E-state index in [1.54, 1.807) is 22.4 Å². The molecule has 0 radical (unpaired) electrons. The number of pyridine rings is 1. The number of fused-ring (bicyclic) bond motifs is 3. The molecule has 0 fully saturated rings. The normalized spacial score (nSPS) is 23.0. The molecule has 0 saturated carbocycles. The molecule has 120 valence electrons. The van der Waals surface area contributed by atoms with Crippen LogP contribution >= 0.6 is 11.3 Å². The zero-order chi connectivity index (χ0) is 16.0. The molecule has 1 unspecified atom stereocenters. The highest BCUT2D eigenvalue weighted by molar-refractivity contribution is 7.16. The van der Waals surface area contributed by atoms with E-state index in [9.17, 15) is 4.79 Å². The molecule has 2 aromatic heterocycles. The Bertz CT molecular complexity index is 741. The number of quaternary nitrogens is 1. The molecule has 2 aromatic rings. The predicted octanol–water partition coefficient (Wildman–Crippen LogP) is 1.35. The Labute approximate surface area is 139 Å². The van der Waals surface area contributed by atoms with E-state index in [1.807, 2.05) is 18.2 Å². The van der Waals surface area contributed by atoms with Crippen LogP contribution in [0.3, 0.4) is 0 Å². The van der Waals surface area contributed by atoms with Crippen molar-refractivity contribution in [1.29, 1.82) is 0 Å². The summed E-state index contributed by atoms with van der Waals surface area (Å²) in [4.78, 5) is 19.9. The zero-order valence-electron chi connectivity index (χ0n) is 13.3. The number of carbonyl (C=O) groups is 1. The fraction of sp³-hybridized carbons (Fsp3) is 0.412. The number of nitrogens with zero attached hydrogens (tertiary/aromatic N) is 1. The summed E-state index contributed by atoms with van der Waals surface area (Å²) in [6, 6.07) is 6.37. The number of carbonyl (C=O) groups excluding carboxylic acids is 1. The quantitative estimate of drug-likeness (QED) is 0.779. The third-order valence-corrected chi connectivity index (χ3v) is 5.92. The first-order valence-corrected chi connectivity index (χ1v) is 8.92. The minimum Gasteiger partial charge on any atom is -0.351 e. The van der Waals surface area contributed by atoms with Gasteiger partial charge in [0.05, 0.1) is 28.7 Å². The predicted molar refractivity (Wildman–Crippen MR) is 90.8 cm³/mol. The SMILES string of the molecule is CC(C)[NH+]1CCc2c(sc3c2C(=O)N[C@@H](c2ccccn2)N3)C1. The van der Waals surface area contributed by atoms with Gasteiger partial charge in [-0.05, 0) is 31.5 Å². The van der Waals surface area contributed by atoms with Crippen LogP contribution in [0.4, 0.5) is 5.00 Å². The summed E-state index contributed by atoms with van der Waals surface area (Å²) >= 11 is 1.74. The van der Waals surface area contributed by atoms with E-state index >= 15 is 0 Å². The van der Waals surface area contributed by atoms with Crippen molar-refractivity contribution in [2.45, 2.75) is 39.0 Å². The van der Waals surface area contributed by atoms with Crippen LogP contribution in [0, 0.1) is 0 Å². The second-order valence-electron chi connectivity index (χ2n) is 6.50. The largest absolute Gasteiger partial charge is 0.351 e. The summed E-state index contributed by atoms with van der Waals surface area (Å²) < 4.78 is 0. The molecule has 4 rings (SSSR count). The van der Waals surface area contributed by atoms with Gasteiger partial charge in [-0.15, -0.1) is 11.3 Å². The Morgan fingerprint density at radius 1 is 1.35 bits per heavy atom. The molecule has 23 heavy (non-hydrogen) atoms. The van der Waals surface area contributed by atoms with Crippen LogP contribution in [0.15, 0.2) is 24.4 Å². The van der Waals surface area contributed by atoms with Gasteiger partial charge < -0.3 is 15.5 Å². The summed E-state index contributed by atoms with van der Waals surface area (Å²) in [6.45, 7) is 6.64. The smallest absolute Gasteiger partial charge is 0.256 e. The van der Waals surface area contributed by atoms with Crippen LogP contribution in [0.5, 0.6) is 0 Å². The van der Waals surface area contributed by atoms with Crippen LogP contribution in [-0.2, 0) is 13.0 Å². The molecular formula is C17H21N4OS+. The molecule has 0 saturated heterocycles. The number of amides is 1. The standard InChI is InChI=1S/C17H20N4OS/c1-10(2)21-8-6-11-13(9-21)23-17-14(11)16(22)19-15(20-17)12-5-3-4-7-18-12/h3-5,7,10,15,20H,6,8-9H2,1-2H3,(H,19,22)/p+1/t15-/m1/s1. The molecule has 6 heteroatoms. The monoisotopic (exact) mass is 329 g/mol. The molecule has 5 nitrogen and oxygen atoms in total. The van der Waals surface area contributed by atoms with Gasteiger partial charge in [0.15, 0.2) is 0 Å². The van der Waals surface area contributed by atoms with Gasteiger partial charge >= 0.3 is 0 Å². The number of hydrogen-bond donors (Lipinski definition) is 3. The Balaban J connectivity index is 1.66. The van der Waals surface area contributed by atoms with Crippen LogP contribution in [-0.4, -0.2) is 23.5 Å². The van der Waals surface area contributed by atoms with Crippen LogP contribution in [0.2, 0.25) is 0 Å². The third kappa shape index (κ3) is 2.52. The maximum Gasteiger partial charge on any atom is 0.256 e. The Hall–Kier alpha value is -1.92. The van der Waals surface area contributed by atoms with E-state index in [0.717, 1.165) is 35.8 Å². The molecule has 0 aliphatic carbocycles. The van der Waals surface area contributed by atoms with E-state index in [-0.39, 0.29) is 12.1 Å². The number of hydrogen-bond acceptors (Lipinski definition) is 4. The van der Waals surface area contributed by atoms with E-state index in [0.29, 0.717) is 6.04 Å². The average Bonchev–Trinajstić information content (AvgIpc) is 2.93. The molecular weight excluding hydrogens is 308 g/mol. The van der Waals surface area contributed by atoms with Crippen molar-refractivity contribution >= 4 is 22.2 Å². The van der Waals surface area contributed by atoms with Gasteiger partial charge in [0.25, 0.3) is 5.91 Å². The Morgan fingerprint density at radius 3 is 2.96 bits per heavy atom. The lowest BCUT2D eigenvalue weighted by molar-refractivity contribution is -0.936. The lowest BCUT2D eigenvalue weighted by atomic mass is 10.00. The van der Waals surface area contributed by atoms with Crippen molar-refractivity contribution in [3.8, 4) is 0 Å². The van der Waals surface area contributed by atoms with Gasteiger partial charge in [-0.2, -0.15) is 0 Å². The van der Waals surface area contributed by atoms with Crippen molar-refractivity contribution in [3.05, 3.63) is 46.1 Å². The molecule has 0 bridgehead atoms.